The van der Waals surface area contributed by atoms with Gasteiger partial charge in [-0.3, -0.25) is 4.79 Å². The molecule has 1 atom stereocenters. The molecule has 0 aliphatic carbocycles. The Kier molecular flexibility index (Phi) is 2.86. The molecule has 0 radical (unpaired) electrons. The summed E-state index contributed by atoms with van der Waals surface area (Å²) in [4.78, 5) is 21.5. The van der Waals surface area contributed by atoms with Gasteiger partial charge in [0.15, 0.2) is 0 Å². The van der Waals surface area contributed by atoms with Crippen molar-refractivity contribution in [3.63, 3.8) is 0 Å². The van der Waals surface area contributed by atoms with E-state index in [0.29, 0.717) is 0 Å². The third-order valence-electron chi connectivity index (χ3n) is 1.27. The summed E-state index contributed by atoms with van der Waals surface area (Å²) in [7, 11) is 0. The number of rotatable bonds is 3. The quantitative estimate of drug-likeness (QED) is 0.729. The first kappa shape index (κ1) is 9.53. The molecule has 0 saturated heterocycles. The molecule has 1 aromatic rings. The van der Waals surface area contributed by atoms with Crippen LogP contribution in [-0.4, -0.2) is 10.0 Å². The molecule has 0 spiro atoms. The number of hydrogen-bond acceptors (Lipinski definition) is 4. The molecule has 0 fully saturated rings. The highest BCUT2D eigenvalue weighted by atomic mass is 32.1. The van der Waals surface area contributed by atoms with Crippen molar-refractivity contribution < 1.29 is 9.53 Å². The molecule has 0 aromatic carbocycles. The molecule has 5 nitrogen and oxygen atoms in total. The number of primary amides is 1. The highest BCUT2D eigenvalue weighted by molar-refractivity contribution is 7.04. The number of ether oxygens (including phenoxy) is 1. The first-order valence-electron chi connectivity index (χ1n) is 3.40. The van der Waals surface area contributed by atoms with Crippen molar-refractivity contribution in [2.45, 2.75) is 6.23 Å². The van der Waals surface area contributed by atoms with Crippen LogP contribution in [0.4, 0.5) is 4.79 Å². The molecule has 2 N–H and O–H groups in total. The van der Waals surface area contributed by atoms with Crippen molar-refractivity contribution in [3.05, 3.63) is 34.5 Å². The Morgan fingerprint density at radius 2 is 2.54 bits per heavy atom. The molecule has 1 aromatic heterocycles. The number of nitrogens with two attached hydrogens (primary N) is 1. The van der Waals surface area contributed by atoms with Gasteiger partial charge in [-0.2, -0.15) is 0 Å². The molecule has 1 unspecified atom stereocenters. The molecule has 1 heterocycles. The van der Waals surface area contributed by atoms with Crippen LogP contribution in [0.25, 0.3) is 0 Å². The molecule has 0 saturated carbocycles. The fourth-order valence-electron chi connectivity index (χ4n) is 0.776. The Morgan fingerprint density at radius 3 is 2.92 bits per heavy atom. The molecular weight excluding hydrogens is 192 g/mol. The molecule has 0 aliphatic rings. The van der Waals surface area contributed by atoms with E-state index in [4.69, 9.17) is 5.73 Å². The van der Waals surface area contributed by atoms with Crippen molar-refractivity contribution >= 4 is 17.6 Å². The van der Waals surface area contributed by atoms with Gasteiger partial charge in [-0.1, -0.05) is 18.1 Å². The second kappa shape index (κ2) is 3.90. The van der Waals surface area contributed by atoms with Crippen molar-refractivity contribution in [1.29, 1.82) is 0 Å². The Labute approximate surface area is 78.2 Å². The maximum absolute atomic E-state index is 11.1. The lowest BCUT2D eigenvalue weighted by molar-refractivity contribution is 0.0987. The lowest BCUT2D eigenvalue weighted by atomic mass is 10.5. The summed E-state index contributed by atoms with van der Waals surface area (Å²) in [6.45, 7) is 3.43. The van der Waals surface area contributed by atoms with E-state index in [9.17, 15) is 9.59 Å². The van der Waals surface area contributed by atoms with Crippen LogP contribution in [0.2, 0.25) is 0 Å². The monoisotopic (exact) mass is 200 g/mol. The maximum atomic E-state index is 11.1. The number of aromatic nitrogens is 1. The number of amides is 1. The van der Waals surface area contributed by atoms with Gasteiger partial charge in [0.1, 0.15) is 0 Å². The van der Waals surface area contributed by atoms with Crippen LogP contribution in [-0.2, 0) is 4.74 Å². The third-order valence-corrected chi connectivity index (χ3v) is 2.14. The molecule has 13 heavy (non-hydrogen) atoms. The summed E-state index contributed by atoms with van der Waals surface area (Å²) in [5, 5.41) is 1.59. The Bertz CT molecular complexity index is 368. The standard InChI is InChI=1S/C7H8N2O3S/c1-2-6(12-7(8)11)9-5(10)3-4-13-9/h2-4,6H,1H2,(H2,8,11). The second-order valence-electron chi connectivity index (χ2n) is 2.14. The minimum atomic E-state index is -0.940. The van der Waals surface area contributed by atoms with E-state index in [-0.39, 0.29) is 5.56 Å². The first-order chi connectivity index (χ1) is 6.15. The summed E-state index contributed by atoms with van der Waals surface area (Å²) in [6, 6.07) is 1.37. The smallest absolute Gasteiger partial charge is 0.406 e. The van der Waals surface area contributed by atoms with E-state index >= 15 is 0 Å². The Hall–Kier alpha value is -1.56. The van der Waals surface area contributed by atoms with Gasteiger partial charge >= 0.3 is 6.09 Å². The van der Waals surface area contributed by atoms with Gasteiger partial charge in [0.25, 0.3) is 5.56 Å². The molecule has 0 aliphatic heterocycles. The van der Waals surface area contributed by atoms with Crippen LogP contribution in [0, 0.1) is 0 Å². The van der Waals surface area contributed by atoms with Crippen molar-refractivity contribution in [3.8, 4) is 0 Å². The average Bonchev–Trinajstić information content (AvgIpc) is 2.47. The lowest BCUT2D eigenvalue weighted by Crippen LogP contribution is -2.24. The zero-order chi connectivity index (χ0) is 9.84. The van der Waals surface area contributed by atoms with Gasteiger partial charge in [-0.05, 0) is 6.08 Å². The fourth-order valence-corrected chi connectivity index (χ4v) is 1.50. The number of hydrogen-bond donors (Lipinski definition) is 1. The fraction of sp³-hybridized carbons (Fsp3) is 0.143. The van der Waals surface area contributed by atoms with Crippen molar-refractivity contribution in [2.24, 2.45) is 5.73 Å². The Morgan fingerprint density at radius 1 is 1.85 bits per heavy atom. The largest absolute Gasteiger partial charge is 0.421 e. The van der Waals surface area contributed by atoms with Crippen LogP contribution < -0.4 is 11.3 Å². The topological polar surface area (TPSA) is 74.3 Å². The molecule has 1 rings (SSSR count). The zero-order valence-electron chi connectivity index (χ0n) is 6.67. The zero-order valence-corrected chi connectivity index (χ0v) is 7.49. The van der Waals surface area contributed by atoms with Crippen LogP contribution in [0.5, 0.6) is 0 Å². The van der Waals surface area contributed by atoms with Crippen LogP contribution in [0.3, 0.4) is 0 Å². The molecule has 1 amide bonds. The van der Waals surface area contributed by atoms with Gasteiger partial charge in [0.05, 0.1) is 0 Å². The first-order valence-corrected chi connectivity index (χ1v) is 4.24. The van der Waals surface area contributed by atoms with E-state index in [1.165, 1.54) is 16.1 Å². The van der Waals surface area contributed by atoms with Gasteiger partial charge in [-0.15, -0.1) is 0 Å². The number of carbonyl (C=O) groups is 1. The van der Waals surface area contributed by atoms with Crippen molar-refractivity contribution in [1.82, 2.24) is 3.96 Å². The molecular formula is C7H8N2O3S. The third kappa shape index (κ3) is 2.19. The summed E-state index contributed by atoms with van der Waals surface area (Å²) in [5.41, 5.74) is 4.55. The SMILES string of the molecule is C=CC(OC(N)=O)n1sccc1=O. The van der Waals surface area contributed by atoms with Gasteiger partial charge in [0.2, 0.25) is 6.23 Å². The second-order valence-corrected chi connectivity index (χ2v) is 3.01. The molecule has 0 bridgehead atoms. The van der Waals surface area contributed by atoms with Gasteiger partial charge in [0, 0.05) is 11.4 Å². The minimum Gasteiger partial charge on any atom is -0.421 e. The summed E-state index contributed by atoms with van der Waals surface area (Å²) < 4.78 is 5.87. The normalized spacial score (nSPS) is 12.0. The predicted molar refractivity (Wildman–Crippen MR) is 48.5 cm³/mol. The lowest BCUT2D eigenvalue weighted by Gasteiger charge is -2.11. The van der Waals surface area contributed by atoms with E-state index in [1.54, 1.807) is 5.38 Å². The summed E-state index contributed by atoms with van der Waals surface area (Å²) >= 11 is 1.12. The van der Waals surface area contributed by atoms with Crippen molar-refractivity contribution in [2.75, 3.05) is 0 Å². The van der Waals surface area contributed by atoms with Crippen LogP contribution >= 0.6 is 11.5 Å². The maximum Gasteiger partial charge on any atom is 0.406 e. The molecule has 6 heteroatoms. The van der Waals surface area contributed by atoms with E-state index in [1.807, 2.05) is 0 Å². The summed E-state index contributed by atoms with van der Waals surface area (Å²) in [5.74, 6) is 0. The van der Waals surface area contributed by atoms with E-state index < -0.39 is 12.3 Å². The number of nitrogens with zero attached hydrogens (tertiary/aromatic N) is 1. The predicted octanol–water partition coefficient (Wildman–Crippen LogP) is 0.690. The van der Waals surface area contributed by atoms with Crippen LogP contribution in [0.1, 0.15) is 6.23 Å². The van der Waals surface area contributed by atoms with E-state index in [0.717, 1.165) is 11.5 Å². The Balaban J connectivity index is 2.91. The minimum absolute atomic E-state index is 0.254. The van der Waals surface area contributed by atoms with Gasteiger partial charge in [-0.25, -0.2) is 8.75 Å². The van der Waals surface area contributed by atoms with E-state index in [2.05, 4.69) is 11.3 Å². The summed E-state index contributed by atoms with van der Waals surface area (Å²) in [6.07, 6.45) is -0.432. The highest BCUT2D eigenvalue weighted by Crippen LogP contribution is 2.09. The average molecular weight is 200 g/mol. The highest BCUT2D eigenvalue weighted by Gasteiger charge is 2.12. The molecule has 70 valence electrons. The van der Waals surface area contributed by atoms with Crippen LogP contribution in [0.15, 0.2) is 28.9 Å². The van der Waals surface area contributed by atoms with Gasteiger partial charge < -0.3 is 10.5 Å². The number of carbonyl (C=O) groups excluding carboxylic acids is 1.